The normalized spacial score (nSPS) is 14.2. The number of carbonyl (C=O) groups excluding carboxylic acids is 2. The lowest BCUT2D eigenvalue weighted by Crippen LogP contribution is -2.37. The molecule has 7 heteroatoms. The summed E-state index contributed by atoms with van der Waals surface area (Å²) in [5.41, 5.74) is 3.97. The van der Waals surface area contributed by atoms with Gasteiger partial charge in [-0.1, -0.05) is 38.5 Å². The van der Waals surface area contributed by atoms with Gasteiger partial charge in [0, 0.05) is 43.2 Å². The van der Waals surface area contributed by atoms with Gasteiger partial charge < -0.3 is 25.8 Å². The Morgan fingerprint density at radius 3 is 2.24 bits per heavy atom. The van der Waals surface area contributed by atoms with Gasteiger partial charge in [-0.15, -0.1) is 0 Å². The first kappa shape index (κ1) is 25.6. The van der Waals surface area contributed by atoms with Gasteiger partial charge in [-0.05, 0) is 69.1 Å². The van der Waals surface area contributed by atoms with Crippen LogP contribution in [0.1, 0.15) is 49.5 Å². The van der Waals surface area contributed by atoms with Crippen molar-refractivity contribution in [2.24, 2.45) is 5.92 Å². The molecule has 184 valence electrons. The molecule has 3 amide bonds. The van der Waals surface area contributed by atoms with Crippen LogP contribution in [-0.2, 0) is 0 Å². The molecular formula is C27H39N5O2. The van der Waals surface area contributed by atoms with Crippen molar-refractivity contribution in [1.82, 2.24) is 10.2 Å². The number of carbonyl (C=O) groups is 2. The average molecular weight is 466 g/mol. The van der Waals surface area contributed by atoms with Crippen molar-refractivity contribution in [2.75, 3.05) is 54.8 Å². The third-order valence-corrected chi connectivity index (χ3v) is 6.54. The van der Waals surface area contributed by atoms with Gasteiger partial charge in [0.25, 0.3) is 5.91 Å². The van der Waals surface area contributed by atoms with Gasteiger partial charge in [0.1, 0.15) is 0 Å². The van der Waals surface area contributed by atoms with E-state index in [9.17, 15) is 9.59 Å². The van der Waals surface area contributed by atoms with Gasteiger partial charge in [0.2, 0.25) is 0 Å². The molecule has 0 saturated carbocycles. The lowest BCUT2D eigenvalue weighted by atomic mass is 9.98. The van der Waals surface area contributed by atoms with E-state index in [2.05, 4.69) is 46.5 Å². The fraction of sp³-hybridized carbons (Fsp3) is 0.481. The molecule has 0 atom stereocenters. The summed E-state index contributed by atoms with van der Waals surface area (Å²) in [6, 6.07) is 12.9. The first-order valence-electron chi connectivity index (χ1n) is 12.4. The second-order valence-electron chi connectivity index (χ2n) is 9.13. The Labute approximate surface area is 203 Å². The topological polar surface area (TPSA) is 76.7 Å². The Balaban J connectivity index is 1.74. The van der Waals surface area contributed by atoms with Crippen LogP contribution >= 0.6 is 0 Å². The minimum Gasteiger partial charge on any atom is -0.371 e. The van der Waals surface area contributed by atoms with E-state index in [1.807, 2.05) is 43.3 Å². The summed E-state index contributed by atoms with van der Waals surface area (Å²) in [4.78, 5) is 30.3. The molecule has 0 unspecified atom stereocenters. The van der Waals surface area contributed by atoms with Crippen LogP contribution in [0.2, 0.25) is 0 Å². The van der Waals surface area contributed by atoms with E-state index in [4.69, 9.17) is 0 Å². The Morgan fingerprint density at radius 2 is 1.59 bits per heavy atom. The zero-order chi connectivity index (χ0) is 24.5. The van der Waals surface area contributed by atoms with Crippen LogP contribution in [0.15, 0.2) is 42.5 Å². The molecule has 7 nitrogen and oxygen atoms in total. The summed E-state index contributed by atoms with van der Waals surface area (Å²) < 4.78 is 0. The second-order valence-corrected chi connectivity index (χ2v) is 9.13. The summed E-state index contributed by atoms with van der Waals surface area (Å²) in [5, 5.41) is 8.79. The molecule has 34 heavy (non-hydrogen) atoms. The molecule has 1 saturated heterocycles. The SMILES string of the molecule is CCN(CC)CCNC(=O)c1cc(NC(=O)Nc2ccc(C)cc2)ccc1N1CCC(C)CC1. The fourth-order valence-electron chi connectivity index (χ4n) is 4.21. The van der Waals surface area contributed by atoms with Gasteiger partial charge in [-0.25, -0.2) is 4.79 Å². The molecule has 3 N–H and O–H groups in total. The molecule has 2 aromatic rings. The minimum atomic E-state index is -0.337. The van der Waals surface area contributed by atoms with Crippen LogP contribution in [0.4, 0.5) is 21.9 Å². The monoisotopic (exact) mass is 465 g/mol. The Kier molecular flexibility index (Phi) is 9.33. The third kappa shape index (κ3) is 7.22. The molecule has 0 spiro atoms. The van der Waals surface area contributed by atoms with E-state index < -0.39 is 0 Å². The van der Waals surface area contributed by atoms with Crippen LogP contribution in [0, 0.1) is 12.8 Å². The highest BCUT2D eigenvalue weighted by molar-refractivity contribution is 6.04. The number of likely N-dealkylation sites (N-methyl/N-ethyl adjacent to an activating group) is 1. The number of urea groups is 1. The number of anilines is 3. The van der Waals surface area contributed by atoms with E-state index in [1.165, 1.54) is 0 Å². The van der Waals surface area contributed by atoms with E-state index in [1.54, 1.807) is 6.07 Å². The Hall–Kier alpha value is -3.06. The van der Waals surface area contributed by atoms with Crippen LogP contribution in [-0.4, -0.2) is 56.1 Å². The fourth-order valence-corrected chi connectivity index (χ4v) is 4.21. The number of aryl methyl sites for hydroxylation is 1. The molecule has 0 radical (unpaired) electrons. The van der Waals surface area contributed by atoms with E-state index in [0.29, 0.717) is 23.7 Å². The molecule has 1 heterocycles. The molecule has 0 aliphatic carbocycles. The van der Waals surface area contributed by atoms with Crippen LogP contribution in [0.25, 0.3) is 0 Å². The van der Waals surface area contributed by atoms with Crippen molar-refractivity contribution in [3.63, 3.8) is 0 Å². The molecule has 1 aliphatic heterocycles. The maximum atomic E-state index is 13.2. The van der Waals surface area contributed by atoms with E-state index in [0.717, 1.165) is 62.5 Å². The first-order chi connectivity index (χ1) is 16.4. The number of benzene rings is 2. The number of rotatable bonds is 9. The van der Waals surface area contributed by atoms with Gasteiger partial charge in [-0.2, -0.15) is 0 Å². The predicted octanol–water partition coefficient (Wildman–Crippen LogP) is 4.95. The Bertz CT molecular complexity index is 948. The highest BCUT2D eigenvalue weighted by Gasteiger charge is 2.22. The summed E-state index contributed by atoms with van der Waals surface area (Å²) in [6.07, 6.45) is 2.23. The minimum absolute atomic E-state index is 0.108. The predicted molar refractivity (Wildman–Crippen MR) is 141 cm³/mol. The summed E-state index contributed by atoms with van der Waals surface area (Å²) in [7, 11) is 0. The maximum Gasteiger partial charge on any atom is 0.323 e. The van der Waals surface area contributed by atoms with Gasteiger partial charge in [0.05, 0.1) is 5.56 Å². The largest absolute Gasteiger partial charge is 0.371 e. The number of amides is 3. The van der Waals surface area contributed by atoms with Crippen molar-refractivity contribution >= 4 is 29.0 Å². The van der Waals surface area contributed by atoms with Gasteiger partial charge in [-0.3, -0.25) is 4.79 Å². The van der Waals surface area contributed by atoms with Crippen LogP contribution in [0.5, 0.6) is 0 Å². The molecule has 0 bridgehead atoms. The standard InChI is InChI=1S/C27H39N5O2/c1-5-31(6-2)18-15-28-26(33)24-19-23(11-12-25(24)32-16-13-21(4)14-17-32)30-27(34)29-22-9-7-20(3)8-10-22/h7-12,19,21H,5-6,13-18H2,1-4H3,(H,28,33)(H2,29,30,34). The van der Waals surface area contributed by atoms with Crippen molar-refractivity contribution in [3.8, 4) is 0 Å². The highest BCUT2D eigenvalue weighted by atomic mass is 16.2. The Morgan fingerprint density at radius 1 is 0.971 bits per heavy atom. The van der Waals surface area contributed by atoms with Crippen molar-refractivity contribution in [3.05, 3.63) is 53.6 Å². The zero-order valence-corrected chi connectivity index (χ0v) is 21.0. The second kappa shape index (κ2) is 12.4. The molecule has 0 aromatic heterocycles. The molecular weight excluding hydrogens is 426 g/mol. The third-order valence-electron chi connectivity index (χ3n) is 6.54. The number of hydrogen-bond acceptors (Lipinski definition) is 4. The highest BCUT2D eigenvalue weighted by Crippen LogP contribution is 2.29. The maximum absolute atomic E-state index is 13.2. The van der Waals surface area contributed by atoms with Gasteiger partial charge >= 0.3 is 6.03 Å². The number of hydrogen-bond donors (Lipinski definition) is 3. The first-order valence-corrected chi connectivity index (χ1v) is 12.4. The van der Waals surface area contributed by atoms with Crippen molar-refractivity contribution < 1.29 is 9.59 Å². The molecule has 1 fully saturated rings. The smallest absolute Gasteiger partial charge is 0.323 e. The molecule has 3 rings (SSSR count). The molecule has 2 aromatic carbocycles. The average Bonchev–Trinajstić information content (AvgIpc) is 2.84. The van der Waals surface area contributed by atoms with Crippen molar-refractivity contribution in [2.45, 2.75) is 40.5 Å². The zero-order valence-electron chi connectivity index (χ0n) is 21.0. The van der Waals surface area contributed by atoms with Crippen molar-refractivity contribution in [1.29, 1.82) is 0 Å². The van der Waals surface area contributed by atoms with Crippen LogP contribution in [0.3, 0.4) is 0 Å². The lowest BCUT2D eigenvalue weighted by molar-refractivity contribution is 0.0949. The quantitative estimate of drug-likeness (QED) is 0.490. The summed E-state index contributed by atoms with van der Waals surface area (Å²) >= 11 is 0. The van der Waals surface area contributed by atoms with Gasteiger partial charge in [0.15, 0.2) is 0 Å². The van der Waals surface area contributed by atoms with Crippen LogP contribution < -0.4 is 20.9 Å². The molecule has 1 aliphatic rings. The number of nitrogens with one attached hydrogen (secondary N) is 3. The van der Waals surface area contributed by atoms with E-state index in [-0.39, 0.29) is 11.9 Å². The number of nitrogens with zero attached hydrogens (tertiary/aromatic N) is 2. The summed E-state index contributed by atoms with van der Waals surface area (Å²) in [6.45, 7) is 13.7. The number of piperidine rings is 1. The lowest BCUT2D eigenvalue weighted by Gasteiger charge is -2.33. The summed E-state index contributed by atoms with van der Waals surface area (Å²) in [5.74, 6) is 0.595. The van der Waals surface area contributed by atoms with E-state index >= 15 is 0 Å².